The van der Waals surface area contributed by atoms with Gasteiger partial charge in [0.2, 0.25) is 0 Å². The van der Waals surface area contributed by atoms with Crippen molar-refractivity contribution in [3.05, 3.63) is 122 Å². The normalized spacial score (nSPS) is 14.5. The molecule has 102 heavy (non-hydrogen) atoms. The highest BCUT2D eigenvalue weighted by molar-refractivity contribution is 7.47. The van der Waals surface area contributed by atoms with Gasteiger partial charge in [0.25, 0.3) is 0 Å². The number of aliphatic hydroxyl groups excluding tert-OH is 1. The Morgan fingerprint density at radius 2 is 0.529 bits per heavy atom. The average molecular weight is 1470 g/mol. The third-order valence-corrected chi connectivity index (χ3v) is 18.3. The lowest BCUT2D eigenvalue weighted by Gasteiger charge is -2.21. The second-order valence-electron chi connectivity index (χ2n) is 26.2. The Kier molecular flexibility index (Phi) is 71.4. The van der Waals surface area contributed by atoms with Crippen LogP contribution in [0.4, 0.5) is 0 Å². The maximum absolute atomic E-state index is 13.1. The standard InChI is InChI=1S/C83H142O17P2/c1-5-9-13-17-21-25-29-33-36-38-41-44-47-51-55-59-63-67-80(85)93-73-78(99-82(87)69-65-61-57-53-49-43-32-28-24-20-16-12-8-4)75-97-101(89,90)95-71-77(84)72-96-102(91,92)98-76-79(100-83(88)70-66-62-58-54-50-46-40-35-31-27-23-19-15-11-7-3)74-94-81(86)68-64-60-56-52-48-45-42-39-37-34-30-26-22-18-14-10-6-2/h9-10,13-14,16,20-22,25-26,28,32-37,40-41,44,77-79,84H,5-8,11-12,15,17-19,23-24,27,29-31,38-39,42-43,45-76H2,1-4H3,(H,89,90)(H,91,92)/b13-9-,14-10-,20-16-,25-21-,26-22-,32-28-,36-33-,37-34-,40-35-,44-41-. The van der Waals surface area contributed by atoms with Gasteiger partial charge >= 0.3 is 39.5 Å². The van der Waals surface area contributed by atoms with E-state index in [9.17, 15) is 43.2 Å². The number of phosphoric ester groups is 2. The molecule has 0 heterocycles. The lowest BCUT2D eigenvalue weighted by Crippen LogP contribution is -2.30. The molecule has 0 aliphatic heterocycles. The number of allylic oxidation sites excluding steroid dienone is 20. The second kappa shape index (κ2) is 74.7. The van der Waals surface area contributed by atoms with E-state index in [1.54, 1.807) is 0 Å². The van der Waals surface area contributed by atoms with E-state index in [1.165, 1.54) is 38.5 Å². The van der Waals surface area contributed by atoms with Crippen LogP contribution in [0.15, 0.2) is 122 Å². The summed E-state index contributed by atoms with van der Waals surface area (Å²) in [4.78, 5) is 73.0. The number of carbonyl (C=O) groups is 4. The van der Waals surface area contributed by atoms with E-state index in [0.717, 1.165) is 205 Å². The summed E-state index contributed by atoms with van der Waals surface area (Å²) in [7, 11) is -9.97. The number of hydrogen-bond acceptors (Lipinski definition) is 15. The lowest BCUT2D eigenvalue weighted by atomic mass is 10.1. The average Bonchev–Trinajstić information content (AvgIpc) is 0.908. The number of esters is 4. The number of rotatable bonds is 74. The summed E-state index contributed by atoms with van der Waals surface area (Å²) in [6.45, 7) is 4.54. The van der Waals surface area contributed by atoms with Gasteiger partial charge in [0.05, 0.1) is 26.4 Å². The van der Waals surface area contributed by atoms with Crippen LogP contribution in [0.1, 0.15) is 323 Å². The van der Waals surface area contributed by atoms with Gasteiger partial charge in [-0.15, -0.1) is 0 Å². The van der Waals surface area contributed by atoms with Crippen LogP contribution in [0.5, 0.6) is 0 Å². The first-order chi connectivity index (χ1) is 49.7. The molecule has 0 aliphatic rings. The third kappa shape index (κ3) is 73.8. The van der Waals surface area contributed by atoms with E-state index in [2.05, 4.69) is 149 Å². The quantitative estimate of drug-likeness (QED) is 0.0169. The van der Waals surface area contributed by atoms with E-state index >= 15 is 0 Å². The third-order valence-electron chi connectivity index (χ3n) is 16.4. The zero-order chi connectivity index (χ0) is 74.6. The first-order valence-corrected chi connectivity index (χ1v) is 42.8. The van der Waals surface area contributed by atoms with Gasteiger partial charge in [0.1, 0.15) is 19.3 Å². The van der Waals surface area contributed by atoms with Crippen LogP contribution in [-0.2, 0) is 65.4 Å². The van der Waals surface area contributed by atoms with Crippen LogP contribution in [0.25, 0.3) is 0 Å². The molecule has 0 aromatic carbocycles. The van der Waals surface area contributed by atoms with E-state index in [1.807, 2.05) is 0 Å². The van der Waals surface area contributed by atoms with E-state index in [-0.39, 0.29) is 25.7 Å². The summed E-state index contributed by atoms with van der Waals surface area (Å²) in [5.41, 5.74) is 0. The highest BCUT2D eigenvalue weighted by atomic mass is 31.2. The molecule has 5 unspecified atom stereocenters. The van der Waals surface area contributed by atoms with Gasteiger partial charge in [-0.2, -0.15) is 0 Å². The summed E-state index contributed by atoms with van der Waals surface area (Å²) in [5.74, 6) is -2.23. The molecule has 0 aliphatic carbocycles. The first-order valence-electron chi connectivity index (χ1n) is 39.8. The predicted molar refractivity (Wildman–Crippen MR) is 418 cm³/mol. The van der Waals surface area contributed by atoms with Crippen LogP contribution in [-0.4, -0.2) is 96.7 Å². The summed E-state index contributed by atoms with van der Waals surface area (Å²) >= 11 is 0. The van der Waals surface area contributed by atoms with Gasteiger partial charge in [-0.05, 0) is 148 Å². The van der Waals surface area contributed by atoms with Crippen LogP contribution < -0.4 is 0 Å². The molecule has 5 atom stereocenters. The van der Waals surface area contributed by atoms with Crippen molar-refractivity contribution < 1.29 is 80.2 Å². The van der Waals surface area contributed by atoms with Crippen molar-refractivity contribution >= 4 is 39.5 Å². The molecule has 0 saturated carbocycles. The highest BCUT2D eigenvalue weighted by Crippen LogP contribution is 2.45. The van der Waals surface area contributed by atoms with Crippen molar-refractivity contribution in [3.63, 3.8) is 0 Å². The molecular formula is C83H142O17P2. The zero-order valence-corrected chi connectivity index (χ0v) is 65.8. The Balaban J connectivity index is 5.38. The smallest absolute Gasteiger partial charge is 0.462 e. The first kappa shape index (κ1) is 97.5. The van der Waals surface area contributed by atoms with Crippen molar-refractivity contribution in [2.45, 2.75) is 341 Å². The molecule has 586 valence electrons. The molecule has 0 bridgehead atoms. The van der Waals surface area contributed by atoms with Gasteiger partial charge in [-0.25, -0.2) is 9.13 Å². The predicted octanol–water partition coefficient (Wildman–Crippen LogP) is 23.1. The number of phosphoric acid groups is 2. The fraction of sp³-hybridized carbons (Fsp3) is 0.711. The molecule has 0 aromatic rings. The summed E-state index contributed by atoms with van der Waals surface area (Å²) in [5, 5.41) is 10.6. The molecule has 0 spiro atoms. The molecule has 0 fully saturated rings. The number of carbonyl (C=O) groups excluding carboxylic acids is 4. The van der Waals surface area contributed by atoms with Gasteiger partial charge in [0, 0.05) is 25.7 Å². The Bertz CT molecular complexity index is 2410. The van der Waals surface area contributed by atoms with E-state index < -0.39 is 97.5 Å². The molecule has 19 heteroatoms. The highest BCUT2D eigenvalue weighted by Gasteiger charge is 2.30. The van der Waals surface area contributed by atoms with Crippen LogP contribution >= 0.6 is 15.6 Å². The van der Waals surface area contributed by atoms with E-state index in [0.29, 0.717) is 25.7 Å². The minimum atomic E-state index is -4.99. The molecule has 0 amide bonds. The minimum absolute atomic E-state index is 0.0708. The van der Waals surface area contributed by atoms with Crippen LogP contribution in [0.3, 0.4) is 0 Å². The molecule has 0 rings (SSSR count). The van der Waals surface area contributed by atoms with Crippen molar-refractivity contribution in [1.82, 2.24) is 0 Å². The number of unbranched alkanes of at least 4 members (excludes halogenated alkanes) is 28. The molecule has 3 N–H and O–H groups in total. The van der Waals surface area contributed by atoms with Crippen molar-refractivity contribution in [1.29, 1.82) is 0 Å². The number of ether oxygens (including phenoxy) is 4. The summed E-state index contributed by atoms with van der Waals surface area (Å²) in [6.07, 6.45) is 81.7. The van der Waals surface area contributed by atoms with Gasteiger partial charge < -0.3 is 33.8 Å². The van der Waals surface area contributed by atoms with Crippen LogP contribution in [0, 0.1) is 0 Å². The number of aliphatic hydroxyl groups is 1. The Hall–Kier alpha value is -4.54. The van der Waals surface area contributed by atoms with Crippen LogP contribution in [0.2, 0.25) is 0 Å². The summed E-state index contributed by atoms with van der Waals surface area (Å²) < 4.78 is 68.6. The zero-order valence-electron chi connectivity index (χ0n) is 64.0. The Morgan fingerprint density at radius 1 is 0.284 bits per heavy atom. The monoisotopic (exact) mass is 1470 g/mol. The largest absolute Gasteiger partial charge is 0.472 e. The molecular weight excluding hydrogens is 1330 g/mol. The maximum atomic E-state index is 13.1. The fourth-order valence-electron chi connectivity index (χ4n) is 10.4. The molecule has 17 nitrogen and oxygen atoms in total. The molecule has 0 saturated heterocycles. The topological polar surface area (TPSA) is 237 Å². The Morgan fingerprint density at radius 3 is 0.833 bits per heavy atom. The van der Waals surface area contributed by atoms with Crippen molar-refractivity contribution in [2.24, 2.45) is 0 Å². The SMILES string of the molecule is CC/C=C\C/C=C\C/C=C\C/C=C\CCCCCCC(=O)OCC(COP(=O)(O)OCC(O)COP(=O)(O)OCC(COC(=O)CCCCCCCCC/C=C\C/C=C\C/C=C\CC)OC(=O)CCCCCCC/C=C\CCCCCCCC)OC(=O)CCCCCCC/C=C\C/C=C\CCC. The fourth-order valence-corrected chi connectivity index (χ4v) is 12.0. The summed E-state index contributed by atoms with van der Waals surface area (Å²) in [6, 6.07) is 0. The molecule has 0 radical (unpaired) electrons. The lowest BCUT2D eigenvalue weighted by molar-refractivity contribution is -0.161. The van der Waals surface area contributed by atoms with Gasteiger partial charge in [-0.3, -0.25) is 37.3 Å². The number of hydrogen-bond donors (Lipinski definition) is 3. The van der Waals surface area contributed by atoms with E-state index in [4.69, 9.17) is 37.0 Å². The molecule has 0 aromatic heterocycles. The Labute approximate surface area is 619 Å². The second-order valence-corrected chi connectivity index (χ2v) is 29.1. The maximum Gasteiger partial charge on any atom is 0.472 e. The van der Waals surface area contributed by atoms with Gasteiger partial charge in [0.15, 0.2) is 12.2 Å². The minimum Gasteiger partial charge on any atom is -0.462 e. The van der Waals surface area contributed by atoms with Crippen molar-refractivity contribution in [2.75, 3.05) is 39.6 Å². The van der Waals surface area contributed by atoms with Crippen molar-refractivity contribution in [3.8, 4) is 0 Å². The van der Waals surface area contributed by atoms with Gasteiger partial charge in [-0.1, -0.05) is 271 Å².